The molecule has 0 bridgehead atoms. The molecule has 0 aliphatic rings. The molecule has 0 N–H and O–H groups in total. The normalized spacial score (nSPS) is 10.5. The van der Waals surface area contributed by atoms with E-state index in [1.165, 1.54) is 5.56 Å². The smallest absolute Gasteiger partial charge is 0.260 e. The van der Waals surface area contributed by atoms with E-state index in [2.05, 4.69) is 0 Å². The molecule has 100 valence electrons. The van der Waals surface area contributed by atoms with Crippen LogP contribution >= 0.6 is 0 Å². The zero-order chi connectivity index (χ0) is 13.5. The number of hydrogen-bond donors (Lipinski definition) is 0. The van der Waals surface area contributed by atoms with Crippen LogP contribution in [0.4, 0.5) is 0 Å². The number of benzene rings is 1. The lowest BCUT2D eigenvalue weighted by Crippen LogP contribution is -2.36. The van der Waals surface area contributed by atoms with E-state index in [0.717, 1.165) is 12.3 Å². The summed E-state index contributed by atoms with van der Waals surface area (Å²) in [7, 11) is 5.77. The molecular formula is C14H22N2O2. The second kappa shape index (κ2) is 7.01. The Labute approximate surface area is 109 Å². The van der Waals surface area contributed by atoms with Crippen molar-refractivity contribution >= 4 is 5.91 Å². The van der Waals surface area contributed by atoms with Crippen LogP contribution < -0.4 is 4.74 Å². The first kappa shape index (κ1) is 14.5. The van der Waals surface area contributed by atoms with Crippen molar-refractivity contribution in [2.24, 2.45) is 0 Å². The highest BCUT2D eigenvalue weighted by Gasteiger charge is 2.09. The minimum Gasteiger partial charge on any atom is -0.484 e. The zero-order valence-corrected chi connectivity index (χ0v) is 11.6. The van der Waals surface area contributed by atoms with Gasteiger partial charge in [-0.05, 0) is 33.2 Å². The van der Waals surface area contributed by atoms with Crippen molar-refractivity contribution in [1.82, 2.24) is 9.80 Å². The number of rotatable bonds is 6. The molecule has 0 atom stereocenters. The van der Waals surface area contributed by atoms with E-state index in [-0.39, 0.29) is 12.5 Å². The third-order valence-electron chi connectivity index (χ3n) is 2.69. The number of amides is 1. The van der Waals surface area contributed by atoms with Crippen LogP contribution in [0, 0.1) is 6.92 Å². The molecule has 4 heteroatoms. The predicted molar refractivity (Wildman–Crippen MR) is 72.9 cm³/mol. The fourth-order valence-electron chi connectivity index (χ4n) is 1.36. The van der Waals surface area contributed by atoms with E-state index in [9.17, 15) is 4.79 Å². The Morgan fingerprint density at radius 1 is 1.11 bits per heavy atom. The van der Waals surface area contributed by atoms with Gasteiger partial charge in [0.15, 0.2) is 6.61 Å². The van der Waals surface area contributed by atoms with Crippen LogP contribution in [0.5, 0.6) is 5.75 Å². The first-order valence-electron chi connectivity index (χ1n) is 6.07. The number of aryl methyl sites for hydroxylation is 1. The summed E-state index contributed by atoms with van der Waals surface area (Å²) in [5.74, 6) is 0.729. The molecule has 4 nitrogen and oxygen atoms in total. The minimum atomic E-state index is -0.00238. The molecule has 1 aromatic rings. The van der Waals surface area contributed by atoms with Crippen LogP contribution in [0.1, 0.15) is 5.56 Å². The van der Waals surface area contributed by atoms with Crippen molar-refractivity contribution in [2.75, 3.05) is 40.8 Å². The van der Waals surface area contributed by atoms with Crippen molar-refractivity contribution in [3.05, 3.63) is 29.8 Å². The second-order valence-electron chi connectivity index (χ2n) is 4.72. The lowest BCUT2D eigenvalue weighted by molar-refractivity contribution is -0.132. The summed E-state index contributed by atoms with van der Waals surface area (Å²) in [6.07, 6.45) is 0. The molecule has 1 aromatic carbocycles. The Hall–Kier alpha value is -1.55. The summed E-state index contributed by atoms with van der Waals surface area (Å²) in [4.78, 5) is 15.5. The van der Waals surface area contributed by atoms with Gasteiger partial charge in [0.1, 0.15) is 5.75 Å². The van der Waals surface area contributed by atoms with Gasteiger partial charge in [-0.25, -0.2) is 0 Å². The fraction of sp³-hybridized carbons (Fsp3) is 0.500. The highest BCUT2D eigenvalue weighted by atomic mass is 16.5. The summed E-state index contributed by atoms with van der Waals surface area (Å²) in [6.45, 7) is 3.67. The van der Waals surface area contributed by atoms with Crippen molar-refractivity contribution in [3.63, 3.8) is 0 Å². The SMILES string of the molecule is Cc1ccc(OCC(=O)N(C)CCN(C)C)cc1. The molecule has 0 spiro atoms. The van der Waals surface area contributed by atoms with Crippen LogP contribution in [0.15, 0.2) is 24.3 Å². The van der Waals surface area contributed by atoms with Gasteiger partial charge in [-0.15, -0.1) is 0 Å². The molecule has 0 heterocycles. The molecule has 0 saturated carbocycles. The molecular weight excluding hydrogens is 228 g/mol. The van der Waals surface area contributed by atoms with Crippen LogP contribution in [0.3, 0.4) is 0 Å². The highest BCUT2D eigenvalue weighted by molar-refractivity contribution is 5.77. The van der Waals surface area contributed by atoms with E-state index in [0.29, 0.717) is 6.54 Å². The number of likely N-dealkylation sites (N-methyl/N-ethyl adjacent to an activating group) is 2. The average Bonchev–Trinajstić information content (AvgIpc) is 2.34. The van der Waals surface area contributed by atoms with E-state index in [1.54, 1.807) is 11.9 Å². The van der Waals surface area contributed by atoms with Gasteiger partial charge in [0.05, 0.1) is 0 Å². The fourth-order valence-corrected chi connectivity index (χ4v) is 1.36. The second-order valence-corrected chi connectivity index (χ2v) is 4.72. The molecule has 1 rings (SSSR count). The lowest BCUT2D eigenvalue weighted by atomic mass is 10.2. The van der Waals surface area contributed by atoms with Gasteiger partial charge in [-0.2, -0.15) is 0 Å². The van der Waals surface area contributed by atoms with Gasteiger partial charge in [-0.3, -0.25) is 4.79 Å². The monoisotopic (exact) mass is 250 g/mol. The van der Waals surface area contributed by atoms with Gasteiger partial charge < -0.3 is 14.5 Å². The van der Waals surface area contributed by atoms with E-state index < -0.39 is 0 Å². The third kappa shape index (κ3) is 5.19. The molecule has 18 heavy (non-hydrogen) atoms. The van der Waals surface area contributed by atoms with Crippen LogP contribution in [0.25, 0.3) is 0 Å². The topological polar surface area (TPSA) is 32.8 Å². The first-order chi connectivity index (χ1) is 8.49. The Morgan fingerprint density at radius 2 is 1.72 bits per heavy atom. The van der Waals surface area contributed by atoms with Crippen LogP contribution in [-0.4, -0.2) is 56.5 Å². The van der Waals surface area contributed by atoms with Crippen molar-refractivity contribution in [2.45, 2.75) is 6.92 Å². The Morgan fingerprint density at radius 3 is 2.28 bits per heavy atom. The molecule has 1 amide bonds. The maximum absolute atomic E-state index is 11.8. The minimum absolute atomic E-state index is 0.00238. The summed E-state index contributed by atoms with van der Waals surface area (Å²) >= 11 is 0. The number of hydrogen-bond acceptors (Lipinski definition) is 3. The quantitative estimate of drug-likeness (QED) is 0.765. The lowest BCUT2D eigenvalue weighted by Gasteiger charge is -2.19. The summed E-state index contributed by atoms with van der Waals surface area (Å²) in [5, 5.41) is 0. The summed E-state index contributed by atoms with van der Waals surface area (Å²) < 4.78 is 5.45. The Kier molecular flexibility index (Phi) is 5.65. The Bertz CT molecular complexity index is 374. The van der Waals surface area contributed by atoms with Gasteiger partial charge in [0.2, 0.25) is 0 Å². The van der Waals surface area contributed by atoms with Gasteiger partial charge >= 0.3 is 0 Å². The van der Waals surface area contributed by atoms with Gasteiger partial charge in [0, 0.05) is 20.1 Å². The summed E-state index contributed by atoms with van der Waals surface area (Å²) in [6, 6.07) is 7.69. The molecule has 0 aromatic heterocycles. The third-order valence-corrected chi connectivity index (χ3v) is 2.69. The standard InChI is InChI=1S/C14H22N2O2/c1-12-5-7-13(8-6-12)18-11-14(17)16(4)10-9-15(2)3/h5-8H,9-11H2,1-4H3. The predicted octanol–water partition coefficient (Wildman–Crippen LogP) is 1.39. The van der Waals surface area contributed by atoms with Crippen molar-refractivity contribution in [3.8, 4) is 5.75 Å². The number of carbonyl (C=O) groups is 1. The zero-order valence-electron chi connectivity index (χ0n) is 11.6. The largest absolute Gasteiger partial charge is 0.484 e. The number of ether oxygens (including phenoxy) is 1. The molecule has 0 unspecified atom stereocenters. The summed E-state index contributed by atoms with van der Waals surface area (Å²) in [5.41, 5.74) is 1.18. The number of carbonyl (C=O) groups excluding carboxylic acids is 1. The van der Waals surface area contributed by atoms with Crippen LogP contribution in [0.2, 0.25) is 0 Å². The first-order valence-corrected chi connectivity index (χ1v) is 6.07. The molecule has 0 saturated heterocycles. The highest BCUT2D eigenvalue weighted by Crippen LogP contribution is 2.11. The molecule has 0 aliphatic carbocycles. The van der Waals surface area contributed by atoms with Gasteiger partial charge in [-0.1, -0.05) is 17.7 Å². The molecule has 0 radical (unpaired) electrons. The van der Waals surface area contributed by atoms with Crippen molar-refractivity contribution in [1.29, 1.82) is 0 Å². The molecule has 0 aliphatic heterocycles. The van der Waals surface area contributed by atoms with Crippen molar-refractivity contribution < 1.29 is 9.53 Å². The average molecular weight is 250 g/mol. The van der Waals surface area contributed by atoms with E-state index in [1.807, 2.05) is 50.2 Å². The van der Waals surface area contributed by atoms with E-state index >= 15 is 0 Å². The molecule has 0 fully saturated rings. The maximum Gasteiger partial charge on any atom is 0.260 e. The maximum atomic E-state index is 11.8. The van der Waals surface area contributed by atoms with Crippen LogP contribution in [-0.2, 0) is 4.79 Å². The number of nitrogens with zero attached hydrogens (tertiary/aromatic N) is 2. The van der Waals surface area contributed by atoms with Gasteiger partial charge in [0.25, 0.3) is 5.91 Å². The van der Waals surface area contributed by atoms with E-state index in [4.69, 9.17) is 4.74 Å². The Balaban J connectivity index is 2.34.